The highest BCUT2D eigenvalue weighted by molar-refractivity contribution is 5.85. The monoisotopic (exact) mass is 376 g/mol. The molecular weight excluding hydrogens is 344 g/mol. The Kier molecular flexibility index (Phi) is 11.3. The molecule has 0 aromatic rings. The highest BCUT2D eigenvalue weighted by Gasteiger charge is 2.39. The van der Waals surface area contributed by atoms with Crippen molar-refractivity contribution in [1.29, 1.82) is 0 Å². The van der Waals surface area contributed by atoms with Crippen LogP contribution in [0, 0.1) is 11.8 Å². The van der Waals surface area contributed by atoms with Gasteiger partial charge >= 0.3 is 5.97 Å². The van der Waals surface area contributed by atoms with E-state index in [-0.39, 0.29) is 25.0 Å². The highest BCUT2D eigenvalue weighted by atomic mass is 16.4. The summed E-state index contributed by atoms with van der Waals surface area (Å²) in [7, 11) is 0. The zero-order valence-corrected chi connectivity index (χ0v) is 16.0. The fourth-order valence-electron chi connectivity index (χ4n) is 3.15. The first-order valence-corrected chi connectivity index (χ1v) is 9.69. The minimum atomic E-state index is -0.951. The summed E-state index contributed by atoms with van der Waals surface area (Å²) in [5.74, 6) is -1.96. The average molecular weight is 376 g/mol. The quantitative estimate of drug-likeness (QED) is 0.453. The Balaban J connectivity index is 2.40. The summed E-state index contributed by atoms with van der Waals surface area (Å²) in [5, 5.41) is 28.9. The number of carboxylic acid groups (broad SMARTS) is 1. The van der Waals surface area contributed by atoms with Crippen molar-refractivity contribution >= 4 is 11.8 Å². The molecule has 0 aliphatic heterocycles. The van der Waals surface area contributed by atoms with Gasteiger partial charge in [-0.3, -0.25) is 9.59 Å². The summed E-state index contributed by atoms with van der Waals surface area (Å²) in [4.78, 5) is 22.7. The molecule has 5 nitrogen and oxygen atoms in total. The third-order valence-electron chi connectivity index (χ3n) is 4.62. The molecule has 0 heterocycles. The predicted octanol–water partition coefficient (Wildman–Crippen LogP) is 3.58. The summed E-state index contributed by atoms with van der Waals surface area (Å²) in [6.07, 6.45) is 17.5. The van der Waals surface area contributed by atoms with Crippen LogP contribution in [0.25, 0.3) is 0 Å². The molecule has 0 saturated heterocycles. The molecule has 1 aliphatic carbocycles. The van der Waals surface area contributed by atoms with E-state index in [0.717, 1.165) is 19.3 Å². The van der Waals surface area contributed by atoms with Gasteiger partial charge in [0.15, 0.2) is 0 Å². The molecule has 0 bridgehead atoms. The third-order valence-corrected chi connectivity index (χ3v) is 4.62. The number of aliphatic hydroxyl groups excluding tert-OH is 2. The van der Waals surface area contributed by atoms with E-state index in [2.05, 4.69) is 31.2 Å². The number of allylic oxidation sites excluding steroid dienone is 5. The van der Waals surface area contributed by atoms with Crippen LogP contribution in [0.5, 0.6) is 0 Å². The van der Waals surface area contributed by atoms with Crippen LogP contribution in [0.1, 0.15) is 51.9 Å². The molecule has 1 rings (SSSR count). The van der Waals surface area contributed by atoms with Crippen molar-refractivity contribution < 1.29 is 24.9 Å². The van der Waals surface area contributed by atoms with Crippen LogP contribution in [0.4, 0.5) is 0 Å². The number of Topliss-reactive ketones (excluding diaryl/α,β-unsaturated/α-hetero) is 1. The van der Waals surface area contributed by atoms with Crippen LogP contribution in [0.2, 0.25) is 0 Å². The smallest absolute Gasteiger partial charge is 0.303 e. The molecule has 5 heteroatoms. The molecule has 0 radical (unpaired) electrons. The van der Waals surface area contributed by atoms with Crippen molar-refractivity contribution in [3.63, 3.8) is 0 Å². The maximum absolute atomic E-state index is 11.9. The molecule has 4 atom stereocenters. The first-order chi connectivity index (χ1) is 13.0. The van der Waals surface area contributed by atoms with Gasteiger partial charge in [0, 0.05) is 24.7 Å². The molecule has 3 N–H and O–H groups in total. The molecule has 150 valence electrons. The largest absolute Gasteiger partial charge is 0.481 e. The Labute approximate surface area is 161 Å². The standard InChI is InChI=1S/C22H32O5/c1-2-3-4-5-6-7-8-9-10-11-17(23)12-13-18-19(14-15-22(26)27)21(25)16-20(18)24/h3-4,6-7,9-10,12-13,17-20,23-24H,2,5,8,11,14-16H2,1H3,(H,26,27)/b4-3-,7-6+,10-9-,13-12+/t17-,18+,19+,20+/m0/s1. The topological polar surface area (TPSA) is 94.8 Å². The summed E-state index contributed by atoms with van der Waals surface area (Å²) >= 11 is 0. The van der Waals surface area contributed by atoms with Gasteiger partial charge < -0.3 is 15.3 Å². The third kappa shape index (κ3) is 9.50. The van der Waals surface area contributed by atoms with E-state index >= 15 is 0 Å². The fraction of sp³-hybridized carbons (Fsp3) is 0.545. The summed E-state index contributed by atoms with van der Waals surface area (Å²) < 4.78 is 0. The minimum Gasteiger partial charge on any atom is -0.481 e. The van der Waals surface area contributed by atoms with Gasteiger partial charge in [-0.1, -0.05) is 55.5 Å². The maximum atomic E-state index is 11.9. The summed E-state index contributed by atoms with van der Waals surface area (Å²) in [6.45, 7) is 2.10. The Hall–Kier alpha value is -1.98. The van der Waals surface area contributed by atoms with Crippen LogP contribution in [0.15, 0.2) is 48.6 Å². The number of carbonyl (C=O) groups excluding carboxylic acids is 1. The van der Waals surface area contributed by atoms with Crippen LogP contribution >= 0.6 is 0 Å². The Bertz CT molecular complexity index is 573. The molecule has 0 aromatic heterocycles. The van der Waals surface area contributed by atoms with Crippen LogP contribution < -0.4 is 0 Å². The lowest BCUT2D eigenvalue weighted by molar-refractivity contribution is -0.137. The van der Waals surface area contributed by atoms with E-state index in [1.165, 1.54) is 0 Å². The first-order valence-electron chi connectivity index (χ1n) is 9.69. The van der Waals surface area contributed by atoms with E-state index in [1.807, 2.05) is 12.2 Å². The van der Waals surface area contributed by atoms with Gasteiger partial charge in [-0.25, -0.2) is 0 Å². The molecule has 1 aliphatic rings. The number of hydrogen-bond donors (Lipinski definition) is 3. The second kappa shape index (κ2) is 13.2. The molecule has 1 saturated carbocycles. The van der Waals surface area contributed by atoms with Crippen molar-refractivity contribution in [3.8, 4) is 0 Å². The maximum Gasteiger partial charge on any atom is 0.303 e. The van der Waals surface area contributed by atoms with Crippen LogP contribution in [-0.2, 0) is 9.59 Å². The summed E-state index contributed by atoms with van der Waals surface area (Å²) in [6, 6.07) is 0. The second-order valence-corrected chi connectivity index (χ2v) is 6.84. The van der Waals surface area contributed by atoms with Gasteiger partial charge in [-0.15, -0.1) is 0 Å². The number of aliphatic hydroxyl groups is 2. The van der Waals surface area contributed by atoms with Gasteiger partial charge in [-0.2, -0.15) is 0 Å². The number of carboxylic acids is 1. The van der Waals surface area contributed by atoms with E-state index in [4.69, 9.17) is 5.11 Å². The average Bonchev–Trinajstić information content (AvgIpc) is 2.89. The zero-order valence-electron chi connectivity index (χ0n) is 16.0. The molecule has 27 heavy (non-hydrogen) atoms. The van der Waals surface area contributed by atoms with Gasteiger partial charge in [0.05, 0.1) is 12.2 Å². The van der Waals surface area contributed by atoms with Crippen molar-refractivity contribution in [3.05, 3.63) is 48.6 Å². The molecule has 0 aromatic carbocycles. The first kappa shape index (κ1) is 23.1. The predicted molar refractivity (Wildman–Crippen MR) is 106 cm³/mol. The highest BCUT2D eigenvalue weighted by Crippen LogP contribution is 2.33. The van der Waals surface area contributed by atoms with Crippen molar-refractivity contribution in [2.45, 2.75) is 64.1 Å². The number of aliphatic carboxylic acids is 1. The molecule has 1 fully saturated rings. The van der Waals surface area contributed by atoms with E-state index in [9.17, 15) is 19.8 Å². The lowest BCUT2D eigenvalue weighted by Gasteiger charge is -2.17. The lowest BCUT2D eigenvalue weighted by atomic mass is 9.89. The Morgan fingerprint density at radius 1 is 1.15 bits per heavy atom. The van der Waals surface area contributed by atoms with Crippen LogP contribution in [-0.4, -0.2) is 39.3 Å². The number of rotatable bonds is 12. The molecular formula is C22H32O5. The van der Waals surface area contributed by atoms with Crippen molar-refractivity contribution in [1.82, 2.24) is 0 Å². The minimum absolute atomic E-state index is 0.0507. The zero-order chi connectivity index (χ0) is 20.1. The number of ketones is 1. The van der Waals surface area contributed by atoms with Crippen LogP contribution in [0.3, 0.4) is 0 Å². The number of hydrogen-bond acceptors (Lipinski definition) is 4. The van der Waals surface area contributed by atoms with E-state index in [0.29, 0.717) is 6.42 Å². The van der Waals surface area contributed by atoms with Crippen molar-refractivity contribution in [2.75, 3.05) is 0 Å². The van der Waals surface area contributed by atoms with Crippen molar-refractivity contribution in [2.24, 2.45) is 11.8 Å². The van der Waals surface area contributed by atoms with E-state index < -0.39 is 30.0 Å². The van der Waals surface area contributed by atoms with Gasteiger partial charge in [0.1, 0.15) is 5.78 Å². The van der Waals surface area contributed by atoms with Gasteiger partial charge in [0.2, 0.25) is 0 Å². The van der Waals surface area contributed by atoms with E-state index in [1.54, 1.807) is 12.2 Å². The van der Waals surface area contributed by atoms with Gasteiger partial charge in [-0.05, 0) is 32.1 Å². The molecule has 0 amide bonds. The second-order valence-electron chi connectivity index (χ2n) is 6.84. The normalized spacial score (nSPS) is 24.9. The SMILES string of the molecule is CC/C=C\C/C=C/C/C=C\C[C@H](O)/C=C/[C@H]1[C@H](O)CC(=O)[C@@H]1CCC(=O)O. The fourth-order valence-corrected chi connectivity index (χ4v) is 3.15. The van der Waals surface area contributed by atoms with Gasteiger partial charge in [0.25, 0.3) is 0 Å². The lowest BCUT2D eigenvalue weighted by Crippen LogP contribution is -2.20. The Morgan fingerprint density at radius 2 is 1.78 bits per heavy atom. The summed E-state index contributed by atoms with van der Waals surface area (Å²) in [5.41, 5.74) is 0. The molecule has 0 spiro atoms. The Morgan fingerprint density at radius 3 is 2.41 bits per heavy atom. The number of carbonyl (C=O) groups is 2. The molecule has 0 unspecified atom stereocenters.